The average Bonchev–Trinajstić information content (AvgIpc) is 2.86. The molecule has 0 aliphatic carbocycles. The summed E-state index contributed by atoms with van der Waals surface area (Å²) in [7, 11) is 0. The molecule has 2 aliphatic heterocycles. The van der Waals surface area contributed by atoms with Gasteiger partial charge >= 0.3 is 0 Å². The molecule has 1 aromatic rings. The number of anilines is 1. The number of benzene rings is 1. The zero-order chi connectivity index (χ0) is 12.7. The summed E-state index contributed by atoms with van der Waals surface area (Å²) in [6.07, 6.45) is 3.99. The van der Waals surface area contributed by atoms with E-state index in [4.69, 9.17) is 0 Å². The largest absolute Gasteiger partial charge is 0.382 e. The molecule has 0 aromatic heterocycles. The topological polar surface area (TPSA) is 15.3 Å². The van der Waals surface area contributed by atoms with Crippen molar-refractivity contribution in [1.82, 2.24) is 4.90 Å². The molecule has 3 rings (SSSR count). The molecule has 0 saturated carbocycles. The Labute approximate surface area is 110 Å². The molecule has 1 N–H and O–H groups in total. The van der Waals surface area contributed by atoms with E-state index in [0.717, 1.165) is 0 Å². The van der Waals surface area contributed by atoms with Gasteiger partial charge in [-0.3, -0.25) is 4.90 Å². The molecular formula is C16H24N2. The molecule has 1 fully saturated rings. The lowest BCUT2D eigenvalue weighted by Crippen LogP contribution is -2.35. The molecule has 2 aliphatic rings. The van der Waals surface area contributed by atoms with Crippen molar-refractivity contribution >= 4 is 5.69 Å². The van der Waals surface area contributed by atoms with Crippen LogP contribution in [-0.4, -0.2) is 24.0 Å². The predicted molar refractivity (Wildman–Crippen MR) is 77.2 cm³/mol. The molecule has 98 valence electrons. The fourth-order valence-electron chi connectivity index (χ4n) is 3.60. The molecule has 2 heteroatoms. The second-order valence-electron chi connectivity index (χ2n) is 6.03. The Bertz CT molecular complexity index is 447. The monoisotopic (exact) mass is 244 g/mol. The minimum atomic E-state index is 0.587. The highest BCUT2D eigenvalue weighted by Gasteiger charge is 2.32. The Balaban J connectivity index is 2.05. The molecule has 0 radical (unpaired) electrons. The highest BCUT2D eigenvalue weighted by Crippen LogP contribution is 2.41. The number of nitrogens with zero attached hydrogens (tertiary/aromatic N) is 1. The molecule has 18 heavy (non-hydrogen) atoms. The van der Waals surface area contributed by atoms with Crippen LogP contribution in [0.2, 0.25) is 0 Å². The Kier molecular flexibility index (Phi) is 3.06. The standard InChI is InChI=1S/C16H24N2/c1-11-6-7-12(2)16-15(11)14(10-13(3)17-16)18-8-4-5-9-18/h6-7,13-14,17H,4-5,8-10H2,1-3H3. The van der Waals surface area contributed by atoms with Gasteiger partial charge in [0.25, 0.3) is 0 Å². The number of nitrogens with one attached hydrogen (secondary N) is 1. The molecule has 0 bridgehead atoms. The zero-order valence-corrected chi connectivity index (χ0v) is 11.8. The van der Waals surface area contributed by atoms with E-state index in [0.29, 0.717) is 12.1 Å². The first-order chi connectivity index (χ1) is 8.66. The van der Waals surface area contributed by atoms with Gasteiger partial charge in [-0.15, -0.1) is 0 Å². The Morgan fingerprint density at radius 1 is 1.11 bits per heavy atom. The summed E-state index contributed by atoms with van der Waals surface area (Å²) >= 11 is 0. The van der Waals surface area contributed by atoms with Gasteiger partial charge in [0, 0.05) is 17.8 Å². The summed E-state index contributed by atoms with van der Waals surface area (Å²) in [5.74, 6) is 0. The van der Waals surface area contributed by atoms with Crippen LogP contribution in [0.5, 0.6) is 0 Å². The van der Waals surface area contributed by atoms with Crippen molar-refractivity contribution in [1.29, 1.82) is 0 Å². The second kappa shape index (κ2) is 4.58. The molecule has 1 aromatic carbocycles. The fraction of sp³-hybridized carbons (Fsp3) is 0.625. The number of likely N-dealkylation sites (tertiary alicyclic amines) is 1. The maximum Gasteiger partial charge on any atom is 0.0423 e. The minimum absolute atomic E-state index is 0.587. The Morgan fingerprint density at radius 2 is 1.78 bits per heavy atom. The van der Waals surface area contributed by atoms with Crippen molar-refractivity contribution < 1.29 is 0 Å². The van der Waals surface area contributed by atoms with Crippen LogP contribution in [0.25, 0.3) is 0 Å². The van der Waals surface area contributed by atoms with E-state index >= 15 is 0 Å². The summed E-state index contributed by atoms with van der Waals surface area (Å²) in [5, 5.41) is 3.70. The Hall–Kier alpha value is -1.02. The van der Waals surface area contributed by atoms with E-state index in [1.807, 2.05) is 0 Å². The van der Waals surface area contributed by atoms with E-state index in [2.05, 4.69) is 43.1 Å². The van der Waals surface area contributed by atoms with Crippen molar-refractivity contribution in [3.63, 3.8) is 0 Å². The summed E-state index contributed by atoms with van der Waals surface area (Å²) in [5.41, 5.74) is 5.82. The van der Waals surface area contributed by atoms with E-state index in [9.17, 15) is 0 Å². The van der Waals surface area contributed by atoms with Crippen LogP contribution in [0.4, 0.5) is 5.69 Å². The van der Waals surface area contributed by atoms with Gasteiger partial charge in [0.05, 0.1) is 0 Å². The quantitative estimate of drug-likeness (QED) is 0.811. The lowest BCUT2D eigenvalue weighted by Gasteiger charge is -2.38. The van der Waals surface area contributed by atoms with Crippen LogP contribution >= 0.6 is 0 Å². The van der Waals surface area contributed by atoms with Crippen LogP contribution in [0.15, 0.2) is 12.1 Å². The first-order valence-corrected chi connectivity index (χ1v) is 7.27. The maximum atomic E-state index is 3.70. The van der Waals surface area contributed by atoms with E-state index in [-0.39, 0.29) is 0 Å². The number of rotatable bonds is 1. The SMILES string of the molecule is Cc1ccc(C)c2c1NC(C)CC2N1CCCC1. The van der Waals surface area contributed by atoms with Gasteiger partial charge < -0.3 is 5.32 Å². The van der Waals surface area contributed by atoms with Gasteiger partial charge in [0.1, 0.15) is 0 Å². The molecule has 2 heterocycles. The third-order valence-corrected chi connectivity index (χ3v) is 4.55. The van der Waals surface area contributed by atoms with Crippen molar-refractivity contribution in [2.24, 2.45) is 0 Å². The van der Waals surface area contributed by atoms with Crippen LogP contribution < -0.4 is 5.32 Å². The molecule has 1 saturated heterocycles. The maximum absolute atomic E-state index is 3.70. The number of aryl methyl sites for hydroxylation is 2. The molecule has 2 unspecified atom stereocenters. The van der Waals surface area contributed by atoms with E-state index in [1.165, 1.54) is 49.2 Å². The zero-order valence-electron chi connectivity index (χ0n) is 11.8. The minimum Gasteiger partial charge on any atom is -0.382 e. The van der Waals surface area contributed by atoms with E-state index < -0.39 is 0 Å². The van der Waals surface area contributed by atoms with Gasteiger partial charge in [-0.25, -0.2) is 0 Å². The lowest BCUT2D eigenvalue weighted by molar-refractivity contribution is 0.222. The van der Waals surface area contributed by atoms with Gasteiger partial charge in [-0.2, -0.15) is 0 Å². The predicted octanol–water partition coefficient (Wildman–Crippen LogP) is 3.64. The summed E-state index contributed by atoms with van der Waals surface area (Å²) in [6.45, 7) is 9.37. The smallest absolute Gasteiger partial charge is 0.0423 e. The second-order valence-corrected chi connectivity index (χ2v) is 6.03. The van der Waals surface area contributed by atoms with Gasteiger partial charge in [-0.05, 0) is 69.8 Å². The average molecular weight is 244 g/mol. The molecule has 0 spiro atoms. The van der Waals surface area contributed by atoms with Crippen molar-refractivity contribution in [2.75, 3.05) is 18.4 Å². The Morgan fingerprint density at radius 3 is 2.50 bits per heavy atom. The number of fused-ring (bicyclic) bond motifs is 1. The highest BCUT2D eigenvalue weighted by atomic mass is 15.2. The summed E-state index contributed by atoms with van der Waals surface area (Å²) in [6, 6.07) is 5.76. The first-order valence-electron chi connectivity index (χ1n) is 7.27. The van der Waals surface area contributed by atoms with Gasteiger partial charge in [0.15, 0.2) is 0 Å². The van der Waals surface area contributed by atoms with Crippen molar-refractivity contribution in [3.05, 3.63) is 28.8 Å². The third-order valence-electron chi connectivity index (χ3n) is 4.55. The van der Waals surface area contributed by atoms with E-state index in [1.54, 1.807) is 5.56 Å². The van der Waals surface area contributed by atoms with Crippen LogP contribution in [0, 0.1) is 13.8 Å². The lowest BCUT2D eigenvalue weighted by atomic mass is 9.87. The number of hydrogen-bond donors (Lipinski definition) is 1. The molecule has 0 amide bonds. The highest BCUT2D eigenvalue weighted by molar-refractivity contribution is 5.63. The summed E-state index contributed by atoms with van der Waals surface area (Å²) < 4.78 is 0. The van der Waals surface area contributed by atoms with Gasteiger partial charge in [0.2, 0.25) is 0 Å². The molecule has 2 atom stereocenters. The van der Waals surface area contributed by atoms with Crippen molar-refractivity contribution in [2.45, 2.75) is 52.1 Å². The summed E-state index contributed by atoms with van der Waals surface area (Å²) in [4.78, 5) is 2.70. The normalized spacial score (nSPS) is 27.9. The van der Waals surface area contributed by atoms with Crippen molar-refractivity contribution in [3.8, 4) is 0 Å². The first kappa shape index (κ1) is 12.0. The molecular weight excluding hydrogens is 220 g/mol. The van der Waals surface area contributed by atoms with Crippen LogP contribution in [0.3, 0.4) is 0 Å². The third kappa shape index (κ3) is 1.93. The van der Waals surface area contributed by atoms with Crippen LogP contribution in [0.1, 0.15) is 48.9 Å². The van der Waals surface area contributed by atoms with Gasteiger partial charge in [-0.1, -0.05) is 12.1 Å². The molecule has 2 nitrogen and oxygen atoms in total. The number of hydrogen-bond acceptors (Lipinski definition) is 2. The fourth-order valence-corrected chi connectivity index (χ4v) is 3.60. The van der Waals surface area contributed by atoms with Crippen LogP contribution in [-0.2, 0) is 0 Å².